The van der Waals surface area contributed by atoms with Crippen molar-refractivity contribution in [1.82, 2.24) is 0 Å². The second kappa shape index (κ2) is 5.53. The molecule has 2 aromatic carbocycles. The summed E-state index contributed by atoms with van der Waals surface area (Å²) in [5.74, 6) is 0. The minimum Gasteiger partial charge on any atom is -0.370 e. The van der Waals surface area contributed by atoms with E-state index in [-0.39, 0.29) is 0 Å². The lowest BCUT2D eigenvalue weighted by atomic mass is 10.1. The Hall–Kier alpha value is -1.76. The monoisotopic (exact) mass is 224 g/mol. The number of nitrogens with zero attached hydrogens (tertiary/aromatic N) is 1. The third kappa shape index (κ3) is 2.88. The summed E-state index contributed by atoms with van der Waals surface area (Å²) in [5, 5.41) is 0. The first-order valence-corrected chi connectivity index (χ1v) is 5.93. The van der Waals surface area contributed by atoms with Crippen LogP contribution in [0, 0.1) is 6.92 Å². The first-order chi connectivity index (χ1) is 8.31. The molecule has 2 rings (SSSR count). The number of para-hydroxylation sites is 1. The van der Waals surface area contributed by atoms with Gasteiger partial charge in [-0.3, -0.25) is 0 Å². The molecule has 2 aromatic rings. The Morgan fingerprint density at radius 1 is 0.941 bits per heavy atom. The van der Waals surface area contributed by atoms with E-state index >= 15 is 0 Å². The first-order valence-electron chi connectivity index (χ1n) is 5.93. The Morgan fingerprint density at radius 3 is 2.29 bits per heavy atom. The van der Waals surface area contributed by atoms with Gasteiger partial charge < -0.3 is 4.90 Å². The van der Waals surface area contributed by atoms with E-state index in [2.05, 4.69) is 67.4 Å². The van der Waals surface area contributed by atoms with Gasteiger partial charge >= 0.3 is 0 Å². The van der Waals surface area contributed by atoms with Crippen LogP contribution in [0.1, 0.15) is 11.1 Å². The van der Waals surface area contributed by atoms with E-state index < -0.39 is 0 Å². The molecule has 0 amide bonds. The van der Waals surface area contributed by atoms with E-state index in [0.29, 0.717) is 0 Å². The highest BCUT2D eigenvalue weighted by molar-refractivity contribution is 5.53. The number of hydrogen-bond acceptors (Lipinski definition) is 1. The van der Waals surface area contributed by atoms with E-state index in [1.165, 1.54) is 16.8 Å². The number of rotatable bonds is 4. The highest BCUT2D eigenvalue weighted by Gasteiger charge is 2.05. The maximum atomic E-state index is 3.98. The number of benzene rings is 2. The van der Waals surface area contributed by atoms with Crippen LogP contribution in [0.2, 0.25) is 0 Å². The molecule has 0 heterocycles. The van der Waals surface area contributed by atoms with Crippen molar-refractivity contribution in [3.63, 3.8) is 0 Å². The molecule has 87 valence electrons. The zero-order chi connectivity index (χ0) is 12.1. The third-order valence-electron chi connectivity index (χ3n) is 2.93. The summed E-state index contributed by atoms with van der Waals surface area (Å²) in [7, 11) is 2.13. The minimum atomic E-state index is 0.829. The van der Waals surface area contributed by atoms with Crippen LogP contribution in [0.25, 0.3) is 0 Å². The smallest absolute Gasteiger partial charge is 0.0426 e. The Morgan fingerprint density at radius 2 is 1.59 bits per heavy atom. The van der Waals surface area contributed by atoms with E-state index in [1.807, 2.05) is 6.07 Å². The van der Waals surface area contributed by atoms with Gasteiger partial charge in [-0.15, -0.1) is 0 Å². The van der Waals surface area contributed by atoms with Gasteiger partial charge in [0, 0.05) is 19.3 Å². The van der Waals surface area contributed by atoms with E-state index in [0.717, 1.165) is 13.0 Å². The van der Waals surface area contributed by atoms with Crippen molar-refractivity contribution in [3.05, 3.63) is 72.6 Å². The van der Waals surface area contributed by atoms with Crippen LogP contribution in [-0.4, -0.2) is 7.05 Å². The predicted molar refractivity (Wildman–Crippen MR) is 74.1 cm³/mol. The molecule has 0 bridgehead atoms. The summed E-state index contributed by atoms with van der Waals surface area (Å²) in [6.07, 6.45) is 0.829. The molecule has 0 aliphatic rings. The number of anilines is 1. The summed E-state index contributed by atoms with van der Waals surface area (Å²) in [6.45, 7) is 4.91. The zero-order valence-corrected chi connectivity index (χ0v) is 10.3. The molecule has 0 fully saturated rings. The molecule has 0 saturated carbocycles. The molecule has 0 aliphatic carbocycles. The van der Waals surface area contributed by atoms with Crippen molar-refractivity contribution < 1.29 is 0 Å². The molecule has 0 aromatic heterocycles. The predicted octanol–water partition coefficient (Wildman–Crippen LogP) is 3.70. The average Bonchev–Trinajstić information content (AvgIpc) is 2.40. The van der Waals surface area contributed by atoms with Gasteiger partial charge in [0.05, 0.1) is 0 Å². The summed E-state index contributed by atoms with van der Waals surface area (Å²) in [6, 6.07) is 19.0. The largest absolute Gasteiger partial charge is 0.370 e. The molecule has 0 aliphatic heterocycles. The van der Waals surface area contributed by atoms with Gasteiger partial charge in [0.2, 0.25) is 0 Å². The van der Waals surface area contributed by atoms with E-state index in [1.54, 1.807) is 0 Å². The zero-order valence-electron chi connectivity index (χ0n) is 10.3. The molecule has 1 radical (unpaired) electrons. The highest BCUT2D eigenvalue weighted by Crippen LogP contribution is 2.21. The van der Waals surface area contributed by atoms with Crippen molar-refractivity contribution in [2.24, 2.45) is 0 Å². The quantitative estimate of drug-likeness (QED) is 0.765. The minimum absolute atomic E-state index is 0.829. The van der Waals surface area contributed by atoms with Gasteiger partial charge in [0.15, 0.2) is 0 Å². The fourth-order valence-corrected chi connectivity index (χ4v) is 2.04. The maximum Gasteiger partial charge on any atom is 0.0426 e. The molecule has 0 atom stereocenters. The van der Waals surface area contributed by atoms with Crippen LogP contribution >= 0.6 is 0 Å². The Bertz CT molecular complexity index is 462. The van der Waals surface area contributed by atoms with Crippen molar-refractivity contribution >= 4 is 5.69 Å². The van der Waals surface area contributed by atoms with Crippen molar-refractivity contribution in [2.45, 2.75) is 13.0 Å². The molecular formula is C16H18N. The van der Waals surface area contributed by atoms with Crippen LogP contribution in [0.15, 0.2) is 54.6 Å². The van der Waals surface area contributed by atoms with Crippen LogP contribution in [-0.2, 0) is 13.0 Å². The fourth-order valence-electron chi connectivity index (χ4n) is 2.04. The lowest BCUT2D eigenvalue weighted by molar-refractivity contribution is 0.913. The van der Waals surface area contributed by atoms with Gasteiger partial charge in [-0.25, -0.2) is 0 Å². The standard InChI is InChI=1S/C16H18N/c1-3-15-11-7-8-12-16(15)17(2)13-14-9-5-4-6-10-14/h4-12H,1,3,13H2,2H3. The third-order valence-corrected chi connectivity index (χ3v) is 2.93. The lowest BCUT2D eigenvalue weighted by Crippen LogP contribution is -2.17. The summed E-state index contributed by atoms with van der Waals surface area (Å²) in [5.41, 5.74) is 3.89. The summed E-state index contributed by atoms with van der Waals surface area (Å²) in [4.78, 5) is 2.27. The molecule has 0 unspecified atom stereocenters. The van der Waals surface area contributed by atoms with E-state index in [9.17, 15) is 0 Å². The second-order valence-electron chi connectivity index (χ2n) is 4.22. The van der Waals surface area contributed by atoms with Crippen LogP contribution in [0.3, 0.4) is 0 Å². The molecule has 0 N–H and O–H groups in total. The fraction of sp³-hybridized carbons (Fsp3) is 0.188. The van der Waals surface area contributed by atoms with Gasteiger partial charge in [0.25, 0.3) is 0 Å². The van der Waals surface area contributed by atoms with Crippen molar-refractivity contribution in [2.75, 3.05) is 11.9 Å². The molecule has 1 heteroatoms. The molecule has 0 saturated heterocycles. The number of hydrogen-bond donors (Lipinski definition) is 0. The lowest BCUT2D eigenvalue weighted by Gasteiger charge is -2.22. The summed E-state index contributed by atoms with van der Waals surface area (Å²) >= 11 is 0. The van der Waals surface area contributed by atoms with Gasteiger partial charge in [-0.2, -0.15) is 0 Å². The van der Waals surface area contributed by atoms with Gasteiger partial charge in [-0.05, 0) is 30.5 Å². The Balaban J connectivity index is 2.17. The highest BCUT2D eigenvalue weighted by atomic mass is 15.1. The van der Waals surface area contributed by atoms with Gasteiger partial charge in [-0.1, -0.05) is 48.5 Å². The average molecular weight is 224 g/mol. The van der Waals surface area contributed by atoms with Crippen LogP contribution in [0.5, 0.6) is 0 Å². The normalized spacial score (nSPS) is 10.2. The first kappa shape index (κ1) is 11.7. The molecular weight excluding hydrogens is 206 g/mol. The van der Waals surface area contributed by atoms with Gasteiger partial charge in [0.1, 0.15) is 0 Å². The second-order valence-corrected chi connectivity index (χ2v) is 4.22. The molecule has 1 nitrogen and oxygen atoms in total. The Labute approximate surface area is 104 Å². The maximum absolute atomic E-state index is 3.98. The topological polar surface area (TPSA) is 3.24 Å². The van der Waals surface area contributed by atoms with Crippen LogP contribution < -0.4 is 4.90 Å². The molecule has 0 spiro atoms. The van der Waals surface area contributed by atoms with E-state index in [4.69, 9.17) is 0 Å². The van der Waals surface area contributed by atoms with Crippen molar-refractivity contribution in [1.29, 1.82) is 0 Å². The SMILES string of the molecule is [CH2]Cc1ccccc1N(C)Cc1ccccc1. The van der Waals surface area contributed by atoms with Crippen LogP contribution in [0.4, 0.5) is 5.69 Å². The summed E-state index contributed by atoms with van der Waals surface area (Å²) < 4.78 is 0. The van der Waals surface area contributed by atoms with Crippen molar-refractivity contribution in [3.8, 4) is 0 Å². The Kier molecular flexibility index (Phi) is 3.81. The molecule has 17 heavy (non-hydrogen) atoms.